The molecule has 0 spiro atoms. The van der Waals surface area contributed by atoms with Crippen LogP contribution in [0.15, 0.2) is 0 Å². The van der Waals surface area contributed by atoms with Crippen LogP contribution in [0.25, 0.3) is 0 Å². The lowest BCUT2D eigenvalue weighted by Gasteiger charge is -1.93. The van der Waals surface area contributed by atoms with Crippen LogP contribution in [0.1, 0.15) is 6.92 Å². The second kappa shape index (κ2) is 2.40. The molecule has 1 radical (unpaired) electrons. The molecule has 51 valence electrons. The Balaban J connectivity index is 2.63. The van der Waals surface area contributed by atoms with E-state index in [1.54, 1.807) is 6.92 Å². The van der Waals surface area contributed by atoms with E-state index in [1.807, 2.05) is 0 Å². The maximum absolute atomic E-state index is 10.4. The van der Waals surface area contributed by atoms with Gasteiger partial charge in [-0.2, -0.15) is 0 Å². The molecular formula is C6H5N2O2. The number of hydrogen-bond donors (Lipinski definition) is 1. The molecule has 1 fully saturated rings. The molecule has 1 unspecified atom stereocenters. The van der Waals surface area contributed by atoms with Crippen molar-refractivity contribution in [1.29, 1.82) is 0 Å². The van der Waals surface area contributed by atoms with Crippen molar-refractivity contribution >= 4 is 11.8 Å². The third kappa shape index (κ3) is 1.08. The number of amides is 2. The lowest BCUT2D eigenvalue weighted by molar-refractivity contribution is -0.136. The molecular weight excluding hydrogens is 132 g/mol. The minimum Gasteiger partial charge on any atom is -0.316 e. The van der Waals surface area contributed by atoms with Crippen molar-refractivity contribution in [3.8, 4) is 11.8 Å². The van der Waals surface area contributed by atoms with Crippen molar-refractivity contribution in [3.05, 3.63) is 0 Å². The average Bonchev–Trinajstić information content (AvgIpc) is 2.14. The molecule has 0 aromatic carbocycles. The first-order valence-electron chi connectivity index (χ1n) is 2.72. The van der Waals surface area contributed by atoms with Gasteiger partial charge in [-0.3, -0.25) is 9.59 Å². The summed E-state index contributed by atoms with van der Waals surface area (Å²) in [5.74, 6) is 3.66. The Bertz CT molecular complexity index is 220. The van der Waals surface area contributed by atoms with Gasteiger partial charge in [0.25, 0.3) is 0 Å². The van der Waals surface area contributed by atoms with Crippen LogP contribution >= 0.6 is 0 Å². The van der Waals surface area contributed by atoms with Crippen molar-refractivity contribution in [1.82, 2.24) is 10.6 Å². The number of carbonyl (C=O) groups is 2. The second-order valence-electron chi connectivity index (χ2n) is 1.70. The van der Waals surface area contributed by atoms with Gasteiger partial charge >= 0.3 is 11.8 Å². The smallest absolute Gasteiger partial charge is 0.316 e. The molecule has 0 saturated carbocycles. The molecule has 2 amide bonds. The van der Waals surface area contributed by atoms with Crippen molar-refractivity contribution in [2.75, 3.05) is 0 Å². The minimum absolute atomic E-state index is 0.620. The Morgan fingerprint density at radius 3 is 2.70 bits per heavy atom. The fourth-order valence-electron chi connectivity index (χ4n) is 0.599. The van der Waals surface area contributed by atoms with Crippen molar-refractivity contribution < 1.29 is 9.59 Å². The lowest BCUT2D eigenvalue weighted by atomic mass is 10.5. The maximum Gasteiger partial charge on any atom is 0.333 e. The SMILES string of the molecule is CC#CC1[N]C(=O)C(=O)N1. The zero-order valence-corrected chi connectivity index (χ0v) is 5.34. The summed E-state index contributed by atoms with van der Waals surface area (Å²) < 4.78 is 0. The molecule has 1 saturated heterocycles. The fraction of sp³-hybridized carbons (Fsp3) is 0.333. The zero-order valence-electron chi connectivity index (χ0n) is 5.34. The van der Waals surface area contributed by atoms with Gasteiger partial charge in [0.05, 0.1) is 0 Å². The molecule has 1 aliphatic heterocycles. The Morgan fingerprint density at radius 2 is 2.30 bits per heavy atom. The van der Waals surface area contributed by atoms with E-state index in [9.17, 15) is 9.59 Å². The van der Waals surface area contributed by atoms with Crippen LogP contribution in [0.2, 0.25) is 0 Å². The highest BCUT2D eigenvalue weighted by molar-refractivity contribution is 6.37. The quantitative estimate of drug-likeness (QED) is 0.329. The lowest BCUT2D eigenvalue weighted by Crippen LogP contribution is -2.26. The van der Waals surface area contributed by atoms with Crippen LogP contribution in [0.5, 0.6) is 0 Å². The molecule has 4 heteroatoms. The normalized spacial score (nSPS) is 17.3. The zero-order chi connectivity index (χ0) is 7.56. The summed E-state index contributed by atoms with van der Waals surface area (Å²) in [7, 11) is 0. The van der Waals surface area contributed by atoms with Crippen LogP contribution in [-0.2, 0) is 9.59 Å². The molecule has 1 atom stereocenters. The van der Waals surface area contributed by atoms with Crippen LogP contribution in [0.4, 0.5) is 0 Å². The van der Waals surface area contributed by atoms with Crippen molar-refractivity contribution in [3.63, 3.8) is 0 Å². The van der Waals surface area contributed by atoms with Gasteiger partial charge in [0.1, 0.15) is 0 Å². The summed E-state index contributed by atoms with van der Waals surface area (Å²) in [4.78, 5) is 20.8. The summed E-state index contributed by atoms with van der Waals surface area (Å²) in [6.45, 7) is 1.62. The molecule has 1 rings (SSSR count). The van der Waals surface area contributed by atoms with E-state index in [1.165, 1.54) is 0 Å². The van der Waals surface area contributed by atoms with Crippen LogP contribution in [-0.4, -0.2) is 18.0 Å². The Morgan fingerprint density at radius 1 is 1.60 bits per heavy atom. The van der Waals surface area contributed by atoms with Crippen LogP contribution < -0.4 is 10.6 Å². The van der Waals surface area contributed by atoms with E-state index in [-0.39, 0.29) is 0 Å². The van der Waals surface area contributed by atoms with Gasteiger partial charge in [-0.25, -0.2) is 5.32 Å². The van der Waals surface area contributed by atoms with E-state index in [2.05, 4.69) is 22.5 Å². The van der Waals surface area contributed by atoms with Gasteiger partial charge in [-0.05, 0) is 6.92 Å². The number of carbonyl (C=O) groups excluding carboxylic acids is 2. The third-order valence-electron chi connectivity index (χ3n) is 0.989. The van der Waals surface area contributed by atoms with Crippen molar-refractivity contribution in [2.24, 2.45) is 0 Å². The predicted molar refractivity (Wildman–Crippen MR) is 32.5 cm³/mol. The molecule has 0 aliphatic carbocycles. The van der Waals surface area contributed by atoms with Gasteiger partial charge in [0.2, 0.25) is 0 Å². The van der Waals surface area contributed by atoms with E-state index in [0.717, 1.165) is 0 Å². The fourth-order valence-corrected chi connectivity index (χ4v) is 0.599. The molecule has 0 bridgehead atoms. The van der Waals surface area contributed by atoms with E-state index in [4.69, 9.17) is 0 Å². The first-order valence-corrected chi connectivity index (χ1v) is 2.72. The first-order chi connectivity index (χ1) is 4.74. The Labute approximate surface area is 58.0 Å². The monoisotopic (exact) mass is 137 g/mol. The molecule has 4 nitrogen and oxygen atoms in total. The number of nitrogens with one attached hydrogen (secondary N) is 1. The molecule has 0 aromatic rings. The third-order valence-corrected chi connectivity index (χ3v) is 0.989. The summed E-state index contributed by atoms with van der Waals surface area (Å²) in [6, 6.07) is 0. The molecule has 1 N–H and O–H groups in total. The first kappa shape index (κ1) is 6.62. The molecule has 1 heterocycles. The Hall–Kier alpha value is -1.50. The summed E-state index contributed by atoms with van der Waals surface area (Å²) in [5, 5.41) is 5.66. The standard InChI is InChI=1S/C6H5N2O2/c1-2-3-4-7-5(9)6(10)8-4/h4H,1H3,(H,7,9). The van der Waals surface area contributed by atoms with Crippen molar-refractivity contribution in [2.45, 2.75) is 13.1 Å². The topological polar surface area (TPSA) is 60.3 Å². The summed E-state index contributed by atoms with van der Waals surface area (Å²) >= 11 is 0. The molecule has 0 aromatic heterocycles. The largest absolute Gasteiger partial charge is 0.333 e. The van der Waals surface area contributed by atoms with E-state index < -0.39 is 18.0 Å². The number of hydrogen-bond acceptors (Lipinski definition) is 2. The van der Waals surface area contributed by atoms with Gasteiger partial charge in [0, 0.05) is 0 Å². The van der Waals surface area contributed by atoms with Crippen LogP contribution in [0.3, 0.4) is 0 Å². The summed E-state index contributed by atoms with van der Waals surface area (Å²) in [6.07, 6.45) is -0.620. The van der Waals surface area contributed by atoms with E-state index in [0.29, 0.717) is 0 Å². The van der Waals surface area contributed by atoms with E-state index >= 15 is 0 Å². The van der Waals surface area contributed by atoms with Gasteiger partial charge < -0.3 is 5.32 Å². The van der Waals surface area contributed by atoms with Gasteiger partial charge in [0.15, 0.2) is 6.17 Å². The number of nitrogens with zero attached hydrogens (tertiary/aromatic N) is 1. The molecule has 10 heavy (non-hydrogen) atoms. The maximum atomic E-state index is 10.4. The van der Waals surface area contributed by atoms with Gasteiger partial charge in [-0.15, -0.1) is 5.92 Å². The van der Waals surface area contributed by atoms with Gasteiger partial charge in [-0.1, -0.05) is 5.92 Å². The highest BCUT2D eigenvalue weighted by Gasteiger charge is 2.29. The number of rotatable bonds is 0. The summed E-state index contributed by atoms with van der Waals surface area (Å²) in [5.41, 5.74) is 0. The highest BCUT2D eigenvalue weighted by Crippen LogP contribution is 1.88. The Kier molecular flexibility index (Phi) is 1.59. The molecule has 1 aliphatic rings. The minimum atomic E-state index is -0.743. The second-order valence-corrected chi connectivity index (χ2v) is 1.70. The average molecular weight is 137 g/mol. The predicted octanol–water partition coefficient (Wildman–Crippen LogP) is -1.40. The highest BCUT2D eigenvalue weighted by atomic mass is 16.2. The van der Waals surface area contributed by atoms with Crippen LogP contribution in [0, 0.1) is 11.8 Å².